The maximum Gasteiger partial charge on any atom is 2.00 e. The van der Waals surface area contributed by atoms with Crippen molar-refractivity contribution in [2.24, 2.45) is 42.3 Å². The minimum Gasteiger partial charge on any atom is -0.337 e. The quantitative estimate of drug-likeness (QED) is 0.103. The number of hydrogen-bond donors (Lipinski definition) is 0. The van der Waals surface area contributed by atoms with Crippen molar-refractivity contribution >= 4 is 0 Å². The van der Waals surface area contributed by atoms with Gasteiger partial charge in [0, 0.05) is 117 Å². The Bertz CT molecular complexity index is 1610. The van der Waals surface area contributed by atoms with E-state index < -0.39 is 20.5 Å². The van der Waals surface area contributed by atoms with Gasteiger partial charge in [-0.25, -0.2) is 67.2 Å². The molecule has 0 saturated carbocycles. The van der Waals surface area contributed by atoms with E-state index in [2.05, 4.69) is 39.7 Å². The van der Waals surface area contributed by atoms with Crippen molar-refractivity contribution in [3.05, 3.63) is 109 Å². The van der Waals surface area contributed by atoms with Gasteiger partial charge < -0.3 is 27.4 Å². The van der Waals surface area contributed by atoms with Crippen LogP contribution in [0.1, 0.15) is 34.9 Å². The third-order valence-electron chi connectivity index (χ3n) is 7.72. The summed E-state index contributed by atoms with van der Waals surface area (Å²) in [5, 5.41) is 0. The normalized spacial score (nSPS) is 11.3. The molecule has 6 heterocycles. The minimum absolute atomic E-state index is 0. The van der Waals surface area contributed by atoms with Crippen molar-refractivity contribution < 1.29 is 85.1 Å². The Morgan fingerprint density at radius 1 is 0.364 bits per heavy atom. The molecule has 0 saturated heterocycles. The zero-order chi connectivity index (χ0) is 40.1. The van der Waals surface area contributed by atoms with Gasteiger partial charge in [-0.15, -0.1) is 20.5 Å². The van der Waals surface area contributed by atoms with E-state index in [0.717, 1.165) is 74.2 Å². The van der Waals surface area contributed by atoms with Gasteiger partial charge in [0.1, 0.15) is 34.9 Å². The first-order valence-electron chi connectivity index (χ1n) is 15.7. The minimum atomic E-state index is -4.94. The van der Waals surface area contributed by atoms with Crippen LogP contribution in [0.3, 0.4) is 0 Å². The summed E-state index contributed by atoms with van der Waals surface area (Å²) in [5.41, 5.74) is 0. The van der Waals surface area contributed by atoms with E-state index in [1.54, 1.807) is 0 Å². The van der Waals surface area contributed by atoms with Crippen LogP contribution in [-0.4, -0.2) is 67.1 Å². The summed E-state index contributed by atoms with van der Waals surface area (Å²) in [6.07, 6.45) is 22.8. The molecule has 296 valence electrons. The van der Waals surface area contributed by atoms with Gasteiger partial charge in [-0.1, -0.05) is 0 Å². The summed E-state index contributed by atoms with van der Waals surface area (Å²) in [4.78, 5) is 31.2. The van der Waals surface area contributed by atoms with E-state index in [1.807, 2.05) is 144 Å². The number of imidazole rings is 6. The Balaban J connectivity index is 0.000000301. The van der Waals surface area contributed by atoms with Crippen LogP contribution < -0.4 is 37.3 Å². The first-order chi connectivity index (χ1) is 25.3. The van der Waals surface area contributed by atoms with Gasteiger partial charge >= 0.3 is 27.3 Å². The summed E-state index contributed by atoms with van der Waals surface area (Å²) >= 11 is 0. The smallest absolute Gasteiger partial charge is 0.337 e. The summed E-state index contributed by atoms with van der Waals surface area (Å²) in [6, 6.07) is 0. The molecule has 0 aliphatic heterocycles. The van der Waals surface area contributed by atoms with Crippen LogP contribution in [0.5, 0.6) is 0 Å². The molecule has 0 spiro atoms. The van der Waals surface area contributed by atoms with Crippen LogP contribution >= 0.6 is 0 Å². The average Bonchev–Trinajstić information content (AvgIpc) is 3.92. The standard InChI is InChI=1S/2C15H21N7.Cd.2ClHO4/c2*1-19-7-4-16-13(19)10-22(11-14-17-5-8-20(14)2)12-15-18-6-9-21(15)3;;2*2-1(3,4)5/h2*4-9H,10-12H2,1-3H3;;2*(H,2,3,4,5)/q;;+2;;/p-2. The van der Waals surface area contributed by atoms with Gasteiger partial charge in [-0.05, 0) is 0 Å². The Kier molecular flexibility index (Phi) is 19.2. The Hall–Kier alpha value is -3.64. The molecule has 0 radical (unpaired) electrons. The molecule has 6 aromatic rings. The molecule has 0 aliphatic carbocycles. The zero-order valence-electron chi connectivity index (χ0n) is 31.2. The van der Waals surface area contributed by atoms with Crippen molar-refractivity contribution in [3.63, 3.8) is 0 Å². The molecule has 0 unspecified atom stereocenters. The molecule has 0 amide bonds. The SMILES string of the molecule is Cn1ccnc1CN(Cc1nccn1C)Cc1nccn1C.Cn1ccnc1CN(Cc1nccn1C)Cc1nccn1C.[Cd+2].[O-][Cl+3]([O-])([O-])[O-].[O-][Cl+3]([O-])([O-])[O-]. The van der Waals surface area contributed by atoms with Crippen LogP contribution in [0.15, 0.2) is 74.4 Å². The van der Waals surface area contributed by atoms with Crippen LogP contribution in [-0.2, 0) is 109 Å². The van der Waals surface area contributed by atoms with Crippen LogP contribution in [0.4, 0.5) is 0 Å². The maximum atomic E-state index is 8.49. The molecule has 0 aromatic carbocycles. The number of aromatic nitrogens is 12. The second-order valence-corrected chi connectivity index (χ2v) is 13.3. The second kappa shape index (κ2) is 22.2. The average molecular weight is 910 g/mol. The van der Waals surface area contributed by atoms with E-state index in [4.69, 9.17) is 37.3 Å². The van der Waals surface area contributed by atoms with Gasteiger partial charge in [0.15, 0.2) is 0 Å². The van der Waals surface area contributed by atoms with Gasteiger partial charge in [0.2, 0.25) is 0 Å². The van der Waals surface area contributed by atoms with Crippen LogP contribution in [0, 0.1) is 20.5 Å². The number of hydrogen-bond acceptors (Lipinski definition) is 16. The van der Waals surface area contributed by atoms with E-state index in [-0.39, 0.29) is 27.3 Å². The zero-order valence-corrected chi connectivity index (χ0v) is 36.7. The summed E-state index contributed by atoms with van der Waals surface area (Å²) in [5.74, 6) is 6.19. The van der Waals surface area contributed by atoms with Gasteiger partial charge in [0.05, 0.1) is 39.3 Å². The largest absolute Gasteiger partial charge is 2.00 e. The molecule has 6 rings (SSSR count). The molecule has 0 N–H and O–H groups in total. The summed E-state index contributed by atoms with van der Waals surface area (Å²) < 4.78 is 80.2. The van der Waals surface area contributed by atoms with Crippen LogP contribution in [0.2, 0.25) is 0 Å². The topological polar surface area (TPSA) is 298 Å². The molecule has 6 aromatic heterocycles. The third kappa shape index (κ3) is 18.2. The second-order valence-electron chi connectivity index (χ2n) is 11.8. The summed E-state index contributed by atoms with van der Waals surface area (Å²) in [7, 11) is 2.21. The van der Waals surface area contributed by atoms with E-state index in [1.165, 1.54) is 0 Å². The number of rotatable bonds is 12. The Morgan fingerprint density at radius 3 is 0.582 bits per heavy atom. The molecule has 0 bridgehead atoms. The predicted molar refractivity (Wildman–Crippen MR) is 165 cm³/mol. The number of aryl methyl sites for hydroxylation is 6. The predicted octanol–water partition coefficient (Wildman–Crippen LogP) is -7.34. The van der Waals surface area contributed by atoms with Crippen molar-refractivity contribution in [2.45, 2.75) is 39.3 Å². The molecule has 0 aliphatic rings. The Morgan fingerprint density at radius 2 is 0.491 bits per heavy atom. The molecule has 55 heavy (non-hydrogen) atoms. The van der Waals surface area contributed by atoms with Crippen molar-refractivity contribution in [1.82, 2.24) is 67.1 Å². The van der Waals surface area contributed by atoms with Crippen molar-refractivity contribution in [1.29, 1.82) is 0 Å². The van der Waals surface area contributed by atoms with Crippen molar-refractivity contribution in [3.8, 4) is 0 Å². The maximum absolute atomic E-state index is 8.49. The van der Waals surface area contributed by atoms with Gasteiger partial charge in [-0.3, -0.25) is 9.80 Å². The fourth-order valence-electron chi connectivity index (χ4n) is 4.83. The molecule has 0 atom stereocenters. The van der Waals surface area contributed by atoms with Crippen LogP contribution in [0.25, 0.3) is 0 Å². The fourth-order valence-corrected chi connectivity index (χ4v) is 4.83. The molecule has 0 fully saturated rings. The van der Waals surface area contributed by atoms with Gasteiger partial charge in [0.25, 0.3) is 0 Å². The third-order valence-corrected chi connectivity index (χ3v) is 7.72. The first kappa shape index (κ1) is 47.5. The molecular formula is C30H42CdCl2N14O8. The number of halogens is 2. The molecule has 25 heteroatoms. The first-order valence-corrected chi connectivity index (χ1v) is 18.2. The monoisotopic (exact) mass is 910 g/mol. The van der Waals surface area contributed by atoms with Crippen molar-refractivity contribution in [2.75, 3.05) is 0 Å². The molecule has 22 nitrogen and oxygen atoms in total. The fraction of sp³-hybridized carbons (Fsp3) is 0.400. The van der Waals surface area contributed by atoms with Gasteiger partial charge in [-0.2, -0.15) is 0 Å². The van der Waals surface area contributed by atoms with E-state index in [9.17, 15) is 0 Å². The van der Waals surface area contributed by atoms with E-state index in [0.29, 0.717) is 0 Å². The molecular weight excluding hydrogens is 868 g/mol. The number of nitrogens with zero attached hydrogens (tertiary/aromatic N) is 14. The van der Waals surface area contributed by atoms with E-state index >= 15 is 0 Å². The summed E-state index contributed by atoms with van der Waals surface area (Å²) in [6.45, 7) is 4.52. The Labute approximate surface area is 341 Å².